The lowest BCUT2D eigenvalue weighted by molar-refractivity contribution is 0.0606. The van der Waals surface area contributed by atoms with Crippen LogP contribution in [0.25, 0.3) is 0 Å². The van der Waals surface area contributed by atoms with Gasteiger partial charge in [-0.15, -0.1) is 0 Å². The third-order valence-corrected chi connectivity index (χ3v) is 1.51. The Bertz CT molecular complexity index is 81.0. The van der Waals surface area contributed by atoms with Gasteiger partial charge in [0, 0.05) is 6.54 Å². The van der Waals surface area contributed by atoms with Gasteiger partial charge in [-0.1, -0.05) is 0 Å². The van der Waals surface area contributed by atoms with Gasteiger partial charge in [0.1, 0.15) is 0 Å². The Hall–Kier alpha value is -0.160. The number of aliphatic hydroxyl groups excluding tert-OH is 2. The van der Waals surface area contributed by atoms with Crippen LogP contribution in [0.1, 0.15) is 6.92 Å². The molecule has 56 valence electrons. The van der Waals surface area contributed by atoms with Crippen molar-refractivity contribution in [2.24, 2.45) is 11.5 Å². The SMILES string of the molecule is CC(O)C(N)(CN)CO. The van der Waals surface area contributed by atoms with Crippen molar-refractivity contribution in [1.82, 2.24) is 0 Å². The molecule has 9 heavy (non-hydrogen) atoms. The molecule has 0 fully saturated rings. The van der Waals surface area contributed by atoms with Gasteiger partial charge in [-0.3, -0.25) is 0 Å². The molecule has 4 nitrogen and oxygen atoms in total. The number of rotatable bonds is 3. The molecular formula is C5H14N2O2. The zero-order valence-electron chi connectivity index (χ0n) is 5.54. The van der Waals surface area contributed by atoms with E-state index in [0.29, 0.717) is 0 Å². The maximum Gasteiger partial charge on any atom is 0.0772 e. The highest BCUT2D eigenvalue weighted by molar-refractivity contribution is 4.89. The van der Waals surface area contributed by atoms with Crippen LogP contribution in [0.5, 0.6) is 0 Å². The van der Waals surface area contributed by atoms with Gasteiger partial charge in [-0.2, -0.15) is 0 Å². The summed E-state index contributed by atoms with van der Waals surface area (Å²) in [5.41, 5.74) is 9.56. The van der Waals surface area contributed by atoms with Crippen molar-refractivity contribution in [3.8, 4) is 0 Å². The van der Waals surface area contributed by atoms with E-state index in [9.17, 15) is 0 Å². The second-order valence-corrected chi connectivity index (χ2v) is 2.27. The molecular weight excluding hydrogens is 120 g/mol. The van der Waals surface area contributed by atoms with Crippen LogP contribution >= 0.6 is 0 Å². The highest BCUT2D eigenvalue weighted by Gasteiger charge is 2.27. The summed E-state index contributed by atoms with van der Waals surface area (Å²) in [7, 11) is 0. The molecule has 0 bridgehead atoms. The lowest BCUT2D eigenvalue weighted by Crippen LogP contribution is -2.58. The van der Waals surface area contributed by atoms with Gasteiger partial charge in [-0.05, 0) is 6.92 Å². The van der Waals surface area contributed by atoms with Crippen LogP contribution in [0.3, 0.4) is 0 Å². The summed E-state index contributed by atoms with van der Waals surface area (Å²) in [6, 6.07) is 0. The Labute approximate surface area is 54.5 Å². The summed E-state index contributed by atoms with van der Waals surface area (Å²) in [6.07, 6.45) is -0.771. The molecule has 0 heterocycles. The standard InChI is InChI=1S/C5H14N2O2/c1-4(9)5(7,2-6)3-8/h4,8-9H,2-3,6-7H2,1H3. The van der Waals surface area contributed by atoms with Crippen molar-refractivity contribution >= 4 is 0 Å². The first-order valence-electron chi connectivity index (χ1n) is 2.84. The van der Waals surface area contributed by atoms with Crippen LogP contribution in [0.4, 0.5) is 0 Å². The molecule has 0 aromatic carbocycles. The van der Waals surface area contributed by atoms with Crippen molar-refractivity contribution in [2.75, 3.05) is 13.2 Å². The largest absolute Gasteiger partial charge is 0.394 e. The van der Waals surface area contributed by atoms with Gasteiger partial charge in [0.25, 0.3) is 0 Å². The first kappa shape index (κ1) is 8.84. The van der Waals surface area contributed by atoms with Gasteiger partial charge in [-0.25, -0.2) is 0 Å². The predicted molar refractivity (Wildman–Crippen MR) is 34.7 cm³/mol. The van der Waals surface area contributed by atoms with Gasteiger partial charge in [0.15, 0.2) is 0 Å². The Morgan fingerprint density at radius 2 is 2.11 bits per heavy atom. The fourth-order valence-corrected chi connectivity index (χ4v) is 0.367. The molecule has 0 rings (SSSR count). The molecule has 0 aliphatic carbocycles. The minimum absolute atomic E-state index is 0.0845. The fraction of sp³-hybridized carbons (Fsp3) is 1.00. The van der Waals surface area contributed by atoms with E-state index in [1.165, 1.54) is 6.92 Å². The molecule has 6 N–H and O–H groups in total. The van der Waals surface area contributed by atoms with Crippen LogP contribution in [-0.2, 0) is 0 Å². The molecule has 0 saturated carbocycles. The lowest BCUT2D eigenvalue weighted by Gasteiger charge is -2.28. The average molecular weight is 134 g/mol. The van der Waals surface area contributed by atoms with E-state index in [1.807, 2.05) is 0 Å². The average Bonchev–Trinajstić information content (AvgIpc) is 1.86. The zero-order valence-corrected chi connectivity index (χ0v) is 5.54. The maximum absolute atomic E-state index is 8.91. The van der Waals surface area contributed by atoms with E-state index in [-0.39, 0.29) is 13.2 Å². The summed E-state index contributed by atoms with van der Waals surface area (Å²) in [6.45, 7) is 1.30. The first-order valence-corrected chi connectivity index (χ1v) is 2.84. The Morgan fingerprint density at radius 3 is 2.11 bits per heavy atom. The third-order valence-electron chi connectivity index (χ3n) is 1.51. The molecule has 2 atom stereocenters. The normalized spacial score (nSPS) is 21.0. The van der Waals surface area contributed by atoms with E-state index in [4.69, 9.17) is 21.7 Å². The van der Waals surface area contributed by atoms with E-state index >= 15 is 0 Å². The highest BCUT2D eigenvalue weighted by Crippen LogP contribution is 2.02. The van der Waals surface area contributed by atoms with Crippen molar-refractivity contribution in [1.29, 1.82) is 0 Å². The van der Waals surface area contributed by atoms with E-state index in [2.05, 4.69) is 0 Å². The second kappa shape index (κ2) is 3.12. The summed E-state index contributed by atoms with van der Waals surface area (Å²) in [4.78, 5) is 0. The van der Waals surface area contributed by atoms with E-state index in [0.717, 1.165) is 0 Å². The summed E-state index contributed by atoms with van der Waals surface area (Å²) in [5.74, 6) is 0. The summed E-state index contributed by atoms with van der Waals surface area (Å²) < 4.78 is 0. The summed E-state index contributed by atoms with van der Waals surface area (Å²) >= 11 is 0. The molecule has 0 spiro atoms. The number of aliphatic hydroxyl groups is 2. The Balaban J connectivity index is 3.92. The van der Waals surface area contributed by atoms with Gasteiger partial charge >= 0.3 is 0 Å². The monoisotopic (exact) mass is 134 g/mol. The zero-order chi connectivity index (χ0) is 7.49. The fourth-order valence-electron chi connectivity index (χ4n) is 0.367. The molecule has 0 amide bonds. The van der Waals surface area contributed by atoms with Crippen molar-refractivity contribution in [3.05, 3.63) is 0 Å². The summed E-state index contributed by atoms with van der Waals surface area (Å²) in [5, 5.41) is 17.5. The van der Waals surface area contributed by atoms with E-state index < -0.39 is 11.6 Å². The smallest absolute Gasteiger partial charge is 0.0772 e. The molecule has 0 aliphatic rings. The Kier molecular flexibility index (Phi) is 3.07. The van der Waals surface area contributed by atoms with Crippen LogP contribution in [0, 0.1) is 0 Å². The molecule has 0 saturated heterocycles. The minimum Gasteiger partial charge on any atom is -0.394 e. The van der Waals surface area contributed by atoms with Crippen LogP contribution in [0.15, 0.2) is 0 Å². The first-order chi connectivity index (χ1) is 4.06. The third kappa shape index (κ3) is 1.91. The van der Waals surface area contributed by atoms with Gasteiger partial charge < -0.3 is 21.7 Å². The molecule has 4 heteroatoms. The number of hydrogen-bond donors (Lipinski definition) is 4. The van der Waals surface area contributed by atoms with Crippen molar-refractivity contribution in [2.45, 2.75) is 18.6 Å². The molecule has 0 aromatic heterocycles. The lowest BCUT2D eigenvalue weighted by atomic mass is 9.96. The predicted octanol–water partition coefficient (Wildman–Crippen LogP) is -1.98. The number of hydrogen-bond acceptors (Lipinski definition) is 4. The number of nitrogens with two attached hydrogens (primary N) is 2. The van der Waals surface area contributed by atoms with Crippen molar-refractivity contribution < 1.29 is 10.2 Å². The van der Waals surface area contributed by atoms with E-state index in [1.54, 1.807) is 0 Å². The quantitative estimate of drug-likeness (QED) is 0.360. The molecule has 0 radical (unpaired) electrons. The van der Waals surface area contributed by atoms with Crippen molar-refractivity contribution in [3.63, 3.8) is 0 Å². The van der Waals surface area contributed by atoms with Gasteiger partial charge in [0.05, 0.1) is 18.2 Å². The van der Waals surface area contributed by atoms with Gasteiger partial charge in [0.2, 0.25) is 0 Å². The molecule has 0 aromatic rings. The van der Waals surface area contributed by atoms with Crippen LogP contribution in [0.2, 0.25) is 0 Å². The minimum atomic E-state index is -1.03. The van der Waals surface area contributed by atoms with Crippen LogP contribution in [-0.4, -0.2) is 35.0 Å². The molecule has 0 aliphatic heterocycles. The topological polar surface area (TPSA) is 92.5 Å². The highest BCUT2D eigenvalue weighted by atomic mass is 16.3. The van der Waals surface area contributed by atoms with Crippen LogP contribution < -0.4 is 11.5 Å². The Morgan fingerprint density at radius 1 is 1.67 bits per heavy atom. The maximum atomic E-state index is 8.91. The molecule has 2 unspecified atom stereocenters. The second-order valence-electron chi connectivity index (χ2n) is 2.27.